The lowest BCUT2D eigenvalue weighted by Crippen LogP contribution is -1.91. The van der Waals surface area contributed by atoms with Crippen LogP contribution in [0.1, 0.15) is 25.3 Å². The van der Waals surface area contributed by atoms with E-state index in [0.29, 0.717) is 28.4 Å². The lowest BCUT2D eigenvalue weighted by molar-refractivity contribution is 0.314. The second kappa shape index (κ2) is 4.85. The van der Waals surface area contributed by atoms with Gasteiger partial charge in [-0.05, 0) is 46.1 Å². The van der Waals surface area contributed by atoms with Crippen molar-refractivity contribution in [2.75, 3.05) is 5.73 Å². The first-order valence-electron chi connectivity index (χ1n) is 6.43. The Balaban J connectivity index is 1.93. The molecule has 0 unspecified atom stereocenters. The van der Waals surface area contributed by atoms with Crippen molar-refractivity contribution in [2.45, 2.75) is 19.8 Å². The molecule has 5 nitrogen and oxygen atoms in total. The molecule has 2 aromatic carbocycles. The molecule has 0 bridgehead atoms. The number of rotatable bonds is 3. The maximum absolute atomic E-state index is 5.82. The van der Waals surface area contributed by atoms with Crippen molar-refractivity contribution in [3.8, 4) is 11.5 Å². The second-order valence-electron chi connectivity index (χ2n) is 4.94. The Bertz CT molecular complexity index is 732. The van der Waals surface area contributed by atoms with Crippen molar-refractivity contribution >= 4 is 16.7 Å². The van der Waals surface area contributed by atoms with Gasteiger partial charge in [-0.3, -0.25) is 0 Å². The summed E-state index contributed by atoms with van der Waals surface area (Å²) in [5.74, 6) is 1.81. The highest BCUT2D eigenvalue weighted by Gasteiger charge is 2.12. The number of hydrogen-bond acceptors (Lipinski definition) is 5. The van der Waals surface area contributed by atoms with Crippen LogP contribution in [0.15, 0.2) is 41.0 Å². The highest BCUT2D eigenvalue weighted by molar-refractivity contribution is 5.90. The van der Waals surface area contributed by atoms with Crippen LogP contribution in [0.25, 0.3) is 11.0 Å². The Morgan fingerprint density at radius 1 is 1.00 bits per heavy atom. The summed E-state index contributed by atoms with van der Waals surface area (Å²) in [6.07, 6.45) is 0. The van der Waals surface area contributed by atoms with Gasteiger partial charge < -0.3 is 10.5 Å². The predicted molar refractivity (Wildman–Crippen MR) is 76.8 cm³/mol. The monoisotopic (exact) mass is 269 g/mol. The molecule has 1 heterocycles. The Hall–Kier alpha value is -2.56. The molecule has 102 valence electrons. The van der Waals surface area contributed by atoms with Gasteiger partial charge in [0.05, 0.1) is 5.69 Å². The highest BCUT2D eigenvalue weighted by Crippen LogP contribution is 2.31. The minimum Gasteiger partial charge on any atom is -0.455 e. The first-order chi connectivity index (χ1) is 9.65. The van der Waals surface area contributed by atoms with Crippen LogP contribution in [-0.4, -0.2) is 10.3 Å². The fourth-order valence-electron chi connectivity index (χ4n) is 1.99. The number of fused-ring (bicyclic) bond motifs is 1. The summed E-state index contributed by atoms with van der Waals surface area (Å²) in [7, 11) is 0. The van der Waals surface area contributed by atoms with E-state index in [9.17, 15) is 0 Å². The van der Waals surface area contributed by atoms with Crippen LogP contribution in [0.2, 0.25) is 0 Å². The summed E-state index contributed by atoms with van der Waals surface area (Å²) in [4.78, 5) is 0. The molecule has 3 rings (SSSR count). The molecule has 20 heavy (non-hydrogen) atoms. The van der Waals surface area contributed by atoms with E-state index >= 15 is 0 Å². The van der Waals surface area contributed by atoms with E-state index in [1.165, 1.54) is 5.56 Å². The van der Waals surface area contributed by atoms with Gasteiger partial charge in [-0.25, -0.2) is 4.63 Å². The third-order valence-corrected chi connectivity index (χ3v) is 3.18. The quantitative estimate of drug-likeness (QED) is 0.733. The number of aromatic nitrogens is 2. The molecule has 1 aromatic heterocycles. The van der Waals surface area contributed by atoms with Crippen LogP contribution in [0, 0.1) is 0 Å². The lowest BCUT2D eigenvalue weighted by Gasteiger charge is -2.09. The lowest BCUT2D eigenvalue weighted by atomic mass is 10.0. The van der Waals surface area contributed by atoms with Gasteiger partial charge in [0.15, 0.2) is 16.8 Å². The summed E-state index contributed by atoms with van der Waals surface area (Å²) < 4.78 is 10.5. The van der Waals surface area contributed by atoms with Gasteiger partial charge in [-0.2, -0.15) is 0 Å². The summed E-state index contributed by atoms with van der Waals surface area (Å²) in [6, 6.07) is 11.5. The average Bonchev–Trinajstić information content (AvgIpc) is 2.93. The Kier molecular flexibility index (Phi) is 3.02. The SMILES string of the molecule is CC(C)c1ccc(Oc2ccc(N)c3nonc23)cc1. The number of nitrogen functional groups attached to an aromatic ring is 1. The molecule has 3 aromatic rings. The van der Waals surface area contributed by atoms with Crippen LogP contribution < -0.4 is 10.5 Å². The molecular weight excluding hydrogens is 254 g/mol. The molecule has 0 saturated heterocycles. The van der Waals surface area contributed by atoms with Gasteiger partial charge in [0, 0.05) is 0 Å². The topological polar surface area (TPSA) is 74.2 Å². The zero-order chi connectivity index (χ0) is 14.1. The van der Waals surface area contributed by atoms with Crippen LogP contribution in [0.4, 0.5) is 5.69 Å². The van der Waals surface area contributed by atoms with E-state index in [4.69, 9.17) is 15.1 Å². The third kappa shape index (κ3) is 2.18. The number of nitrogens with zero attached hydrogens (tertiary/aromatic N) is 2. The number of hydrogen-bond donors (Lipinski definition) is 1. The fourth-order valence-corrected chi connectivity index (χ4v) is 1.99. The Morgan fingerprint density at radius 3 is 2.40 bits per heavy atom. The summed E-state index contributed by atoms with van der Waals surface area (Å²) >= 11 is 0. The van der Waals surface area contributed by atoms with Crippen molar-refractivity contribution in [1.82, 2.24) is 10.3 Å². The molecule has 0 amide bonds. The van der Waals surface area contributed by atoms with Gasteiger partial charge in [-0.15, -0.1) is 0 Å². The smallest absolute Gasteiger partial charge is 0.179 e. The van der Waals surface area contributed by atoms with Crippen molar-refractivity contribution in [3.63, 3.8) is 0 Å². The van der Waals surface area contributed by atoms with E-state index in [0.717, 1.165) is 5.75 Å². The summed E-state index contributed by atoms with van der Waals surface area (Å²) in [6.45, 7) is 4.31. The van der Waals surface area contributed by atoms with E-state index in [1.54, 1.807) is 12.1 Å². The maximum Gasteiger partial charge on any atom is 0.179 e. The summed E-state index contributed by atoms with van der Waals surface area (Å²) in [5.41, 5.74) is 8.62. The molecule has 5 heteroatoms. The first kappa shape index (κ1) is 12.5. The van der Waals surface area contributed by atoms with Crippen LogP contribution in [-0.2, 0) is 0 Å². The number of benzene rings is 2. The Morgan fingerprint density at radius 2 is 1.70 bits per heavy atom. The van der Waals surface area contributed by atoms with Crippen LogP contribution >= 0.6 is 0 Å². The number of nitrogens with two attached hydrogens (primary N) is 1. The molecule has 0 aliphatic heterocycles. The van der Waals surface area contributed by atoms with Crippen LogP contribution in [0.3, 0.4) is 0 Å². The maximum atomic E-state index is 5.82. The van der Waals surface area contributed by atoms with Gasteiger partial charge >= 0.3 is 0 Å². The average molecular weight is 269 g/mol. The zero-order valence-corrected chi connectivity index (χ0v) is 11.3. The molecule has 0 aliphatic carbocycles. The molecule has 0 fully saturated rings. The standard InChI is InChI=1S/C15H15N3O2/c1-9(2)10-3-5-11(6-4-10)19-13-8-7-12(16)14-15(13)18-20-17-14/h3-9H,16H2,1-2H3. The first-order valence-corrected chi connectivity index (χ1v) is 6.43. The molecule has 0 aliphatic rings. The normalized spacial score (nSPS) is 11.2. The van der Waals surface area contributed by atoms with Crippen molar-refractivity contribution in [2.24, 2.45) is 0 Å². The van der Waals surface area contributed by atoms with Crippen molar-refractivity contribution in [3.05, 3.63) is 42.0 Å². The van der Waals surface area contributed by atoms with E-state index in [2.05, 4.69) is 36.3 Å². The molecule has 0 radical (unpaired) electrons. The zero-order valence-electron chi connectivity index (χ0n) is 11.3. The second-order valence-corrected chi connectivity index (χ2v) is 4.94. The van der Waals surface area contributed by atoms with Gasteiger partial charge in [0.1, 0.15) is 5.75 Å². The van der Waals surface area contributed by atoms with Crippen LogP contribution in [0.5, 0.6) is 11.5 Å². The third-order valence-electron chi connectivity index (χ3n) is 3.18. The highest BCUT2D eigenvalue weighted by atomic mass is 16.6. The molecule has 0 saturated carbocycles. The summed E-state index contributed by atoms with van der Waals surface area (Å²) in [5, 5.41) is 7.60. The van der Waals surface area contributed by atoms with E-state index in [-0.39, 0.29) is 0 Å². The van der Waals surface area contributed by atoms with Gasteiger partial charge in [-0.1, -0.05) is 26.0 Å². The largest absolute Gasteiger partial charge is 0.455 e. The fraction of sp³-hybridized carbons (Fsp3) is 0.200. The number of anilines is 1. The molecule has 0 spiro atoms. The van der Waals surface area contributed by atoms with E-state index < -0.39 is 0 Å². The number of ether oxygens (including phenoxy) is 1. The molecule has 2 N–H and O–H groups in total. The minimum atomic E-state index is 0.493. The molecule has 0 atom stereocenters. The van der Waals surface area contributed by atoms with E-state index in [1.807, 2.05) is 12.1 Å². The van der Waals surface area contributed by atoms with Gasteiger partial charge in [0.25, 0.3) is 0 Å². The predicted octanol–water partition coefficient (Wildman–Crippen LogP) is 3.72. The van der Waals surface area contributed by atoms with Gasteiger partial charge in [0.2, 0.25) is 0 Å². The Labute approximate surface area is 116 Å². The van der Waals surface area contributed by atoms with Crippen molar-refractivity contribution in [1.29, 1.82) is 0 Å². The molecular formula is C15H15N3O2. The minimum absolute atomic E-state index is 0.493. The van der Waals surface area contributed by atoms with Crippen molar-refractivity contribution < 1.29 is 9.37 Å².